The number of sulfone groups is 1. The molecule has 1 aromatic rings. The van der Waals surface area contributed by atoms with Gasteiger partial charge >= 0.3 is 0 Å². The lowest BCUT2D eigenvalue weighted by Gasteiger charge is -2.36. The van der Waals surface area contributed by atoms with Gasteiger partial charge in [0.15, 0.2) is 9.84 Å². The minimum Gasteiger partial charge on any atom is -0.332 e. The summed E-state index contributed by atoms with van der Waals surface area (Å²) >= 11 is 6.02. The third-order valence-electron chi connectivity index (χ3n) is 3.84. The highest BCUT2D eigenvalue weighted by Crippen LogP contribution is 2.25. The Morgan fingerprint density at radius 1 is 1.45 bits per heavy atom. The van der Waals surface area contributed by atoms with Gasteiger partial charge in [-0.2, -0.15) is 0 Å². The predicted octanol–water partition coefficient (Wildman–Crippen LogP) is 1.64. The maximum Gasteiger partial charge on any atom is 0.238 e. The average Bonchev–Trinajstić information content (AvgIpc) is 2.46. The molecule has 0 bridgehead atoms. The molecule has 1 aliphatic heterocycles. The van der Waals surface area contributed by atoms with E-state index in [1.165, 1.54) is 0 Å². The molecule has 1 fully saturated rings. The largest absolute Gasteiger partial charge is 0.332 e. The van der Waals surface area contributed by atoms with E-state index in [9.17, 15) is 13.2 Å². The number of carbonyl (C=O) groups excluding carboxylic acids is 1. The van der Waals surface area contributed by atoms with Crippen molar-refractivity contribution in [3.63, 3.8) is 0 Å². The van der Waals surface area contributed by atoms with Crippen LogP contribution in [0.5, 0.6) is 0 Å². The van der Waals surface area contributed by atoms with Crippen LogP contribution in [0.25, 0.3) is 0 Å². The number of rotatable bonds is 4. The van der Waals surface area contributed by atoms with Gasteiger partial charge < -0.3 is 10.2 Å². The van der Waals surface area contributed by atoms with Crippen LogP contribution in [0.15, 0.2) is 24.3 Å². The quantitative estimate of drug-likeness (QED) is 0.901. The second-order valence-corrected chi connectivity index (χ2v) is 8.71. The van der Waals surface area contributed by atoms with Crippen molar-refractivity contribution in [2.45, 2.75) is 25.1 Å². The van der Waals surface area contributed by atoms with Gasteiger partial charge in [0.1, 0.15) is 5.75 Å². The molecule has 0 radical (unpaired) electrons. The first-order valence-corrected chi connectivity index (χ1v) is 9.38. The van der Waals surface area contributed by atoms with Gasteiger partial charge in [-0.3, -0.25) is 4.79 Å². The Morgan fingerprint density at radius 3 is 2.82 bits per heavy atom. The van der Waals surface area contributed by atoms with Crippen LogP contribution in [0.1, 0.15) is 25.5 Å². The van der Waals surface area contributed by atoms with E-state index < -0.39 is 20.8 Å². The Balaban J connectivity index is 2.21. The van der Waals surface area contributed by atoms with Crippen molar-refractivity contribution in [1.29, 1.82) is 0 Å². The van der Waals surface area contributed by atoms with Crippen LogP contribution in [0.3, 0.4) is 0 Å². The molecule has 1 unspecified atom stereocenters. The van der Waals surface area contributed by atoms with Gasteiger partial charge in [-0.05, 0) is 31.5 Å². The first-order chi connectivity index (χ1) is 10.3. The fraction of sp³-hybridized carbons (Fsp3) is 0.533. The smallest absolute Gasteiger partial charge is 0.238 e. The fourth-order valence-corrected chi connectivity index (χ4v) is 3.48. The lowest BCUT2D eigenvalue weighted by atomic mass is 10.0. The normalized spacial score (nSPS) is 19.5. The van der Waals surface area contributed by atoms with Gasteiger partial charge in [-0.1, -0.05) is 23.7 Å². The molecule has 122 valence electrons. The average molecular weight is 345 g/mol. The number of benzene rings is 1. The number of carbonyl (C=O) groups is 1. The van der Waals surface area contributed by atoms with E-state index in [0.717, 1.165) is 5.56 Å². The molecule has 22 heavy (non-hydrogen) atoms. The monoisotopic (exact) mass is 344 g/mol. The van der Waals surface area contributed by atoms with Gasteiger partial charge in [0.05, 0.1) is 11.3 Å². The Hall–Kier alpha value is -1.11. The maximum absolute atomic E-state index is 12.5. The lowest BCUT2D eigenvalue weighted by molar-refractivity contribution is -0.131. The van der Waals surface area contributed by atoms with Crippen molar-refractivity contribution >= 4 is 27.3 Å². The summed E-state index contributed by atoms with van der Waals surface area (Å²) in [5, 5.41) is 3.29. The Bertz CT molecular complexity index is 646. The second kappa shape index (κ2) is 6.98. The molecule has 1 atom stereocenters. The van der Waals surface area contributed by atoms with Crippen LogP contribution in [0.2, 0.25) is 5.02 Å². The highest BCUT2D eigenvalue weighted by molar-refractivity contribution is 7.92. The van der Waals surface area contributed by atoms with Crippen LogP contribution in [0.4, 0.5) is 0 Å². The number of piperazine rings is 1. The first kappa shape index (κ1) is 17.2. The fourth-order valence-electron chi connectivity index (χ4n) is 2.44. The van der Waals surface area contributed by atoms with Gasteiger partial charge in [0, 0.05) is 24.7 Å². The maximum atomic E-state index is 12.5. The molecule has 1 heterocycles. The van der Waals surface area contributed by atoms with Crippen molar-refractivity contribution in [2.75, 3.05) is 25.4 Å². The predicted molar refractivity (Wildman–Crippen MR) is 87.7 cm³/mol. The standard InChI is InChI=1S/C15H21ClN2O3S/c1-11(2)22(20,21)10-15(19)18-7-6-17-9-14(18)12-4-3-5-13(16)8-12/h3-5,8,11,14,17H,6-7,9-10H2,1-2H3. The van der Waals surface area contributed by atoms with E-state index >= 15 is 0 Å². The third kappa shape index (κ3) is 4.00. The Labute approximate surface area is 136 Å². The first-order valence-electron chi connectivity index (χ1n) is 7.28. The third-order valence-corrected chi connectivity index (χ3v) is 6.16. The van der Waals surface area contributed by atoms with Crippen LogP contribution in [0, 0.1) is 0 Å². The topological polar surface area (TPSA) is 66.5 Å². The molecule has 7 heteroatoms. The second-order valence-electron chi connectivity index (χ2n) is 5.72. The molecule has 0 saturated carbocycles. The van der Waals surface area contributed by atoms with Crippen LogP contribution < -0.4 is 5.32 Å². The zero-order chi connectivity index (χ0) is 16.3. The lowest BCUT2D eigenvalue weighted by Crippen LogP contribution is -2.50. The van der Waals surface area contributed by atoms with E-state index in [4.69, 9.17) is 11.6 Å². The van der Waals surface area contributed by atoms with E-state index in [1.54, 1.807) is 24.8 Å². The van der Waals surface area contributed by atoms with E-state index in [2.05, 4.69) is 5.32 Å². The van der Waals surface area contributed by atoms with Gasteiger partial charge in [-0.15, -0.1) is 0 Å². The van der Waals surface area contributed by atoms with Crippen molar-refractivity contribution in [3.8, 4) is 0 Å². The zero-order valence-electron chi connectivity index (χ0n) is 12.8. The summed E-state index contributed by atoms with van der Waals surface area (Å²) < 4.78 is 24.0. The number of nitrogens with zero attached hydrogens (tertiary/aromatic N) is 1. The summed E-state index contributed by atoms with van der Waals surface area (Å²) in [6.07, 6.45) is 0. The van der Waals surface area contributed by atoms with E-state index in [0.29, 0.717) is 24.7 Å². The Morgan fingerprint density at radius 2 is 2.18 bits per heavy atom. The highest BCUT2D eigenvalue weighted by atomic mass is 35.5. The molecular weight excluding hydrogens is 324 g/mol. The molecule has 1 aliphatic rings. The van der Waals surface area contributed by atoms with Crippen molar-refractivity contribution in [3.05, 3.63) is 34.9 Å². The van der Waals surface area contributed by atoms with E-state index in [-0.39, 0.29) is 11.9 Å². The van der Waals surface area contributed by atoms with Gasteiger partial charge in [0.2, 0.25) is 5.91 Å². The van der Waals surface area contributed by atoms with Crippen LogP contribution in [-0.2, 0) is 14.6 Å². The van der Waals surface area contributed by atoms with Crippen molar-refractivity contribution in [1.82, 2.24) is 10.2 Å². The molecule has 5 nitrogen and oxygen atoms in total. The zero-order valence-corrected chi connectivity index (χ0v) is 14.3. The number of nitrogens with one attached hydrogen (secondary N) is 1. The molecule has 0 aliphatic carbocycles. The number of halogens is 1. The number of hydrogen-bond donors (Lipinski definition) is 1. The Kier molecular flexibility index (Phi) is 5.47. The molecular formula is C15H21ClN2O3S. The summed E-state index contributed by atoms with van der Waals surface area (Å²) in [5.74, 6) is -0.790. The summed E-state index contributed by atoms with van der Waals surface area (Å²) in [5.41, 5.74) is 0.912. The van der Waals surface area contributed by atoms with Gasteiger partial charge in [0.25, 0.3) is 0 Å². The number of amides is 1. The van der Waals surface area contributed by atoms with Crippen LogP contribution in [-0.4, -0.2) is 49.9 Å². The van der Waals surface area contributed by atoms with Crippen LogP contribution >= 0.6 is 11.6 Å². The summed E-state index contributed by atoms with van der Waals surface area (Å²) in [6.45, 7) is 4.92. The molecule has 0 aromatic heterocycles. The molecule has 0 spiro atoms. The molecule has 2 rings (SSSR count). The minimum absolute atomic E-state index is 0.192. The van der Waals surface area contributed by atoms with E-state index in [1.807, 2.05) is 18.2 Å². The molecule has 1 amide bonds. The summed E-state index contributed by atoms with van der Waals surface area (Å²) in [7, 11) is -3.40. The minimum atomic E-state index is -3.40. The molecule has 1 saturated heterocycles. The van der Waals surface area contributed by atoms with Crippen molar-refractivity contribution < 1.29 is 13.2 Å². The molecule has 1 aromatic carbocycles. The summed E-state index contributed by atoms with van der Waals surface area (Å²) in [6, 6.07) is 7.13. The highest BCUT2D eigenvalue weighted by Gasteiger charge is 2.31. The van der Waals surface area contributed by atoms with Gasteiger partial charge in [-0.25, -0.2) is 8.42 Å². The van der Waals surface area contributed by atoms with Crippen molar-refractivity contribution in [2.24, 2.45) is 0 Å². The SMILES string of the molecule is CC(C)S(=O)(=O)CC(=O)N1CCNCC1c1cccc(Cl)c1. The summed E-state index contributed by atoms with van der Waals surface area (Å²) in [4.78, 5) is 14.1. The number of hydrogen-bond acceptors (Lipinski definition) is 4. The molecule has 1 N–H and O–H groups in total.